The highest BCUT2D eigenvalue weighted by molar-refractivity contribution is 4.85. The molecule has 0 aliphatic rings. The fourth-order valence-corrected chi connectivity index (χ4v) is 1.73. The van der Waals surface area contributed by atoms with E-state index in [2.05, 4.69) is 12.1 Å². The quantitative estimate of drug-likeness (QED) is 0.796. The number of nitrogens with zero attached hydrogens (tertiary/aromatic N) is 2. The van der Waals surface area contributed by atoms with Gasteiger partial charge in [-0.15, -0.1) is 0 Å². The second kappa shape index (κ2) is 11.5. The minimum absolute atomic E-state index is 0. The summed E-state index contributed by atoms with van der Waals surface area (Å²) in [7, 11) is 3.34. The maximum atomic E-state index is 8.49. The van der Waals surface area contributed by atoms with Crippen LogP contribution in [0.25, 0.3) is 0 Å². The summed E-state index contributed by atoms with van der Waals surface area (Å²) < 4.78 is 10.3. The Labute approximate surface area is 130 Å². The Balaban J connectivity index is -0.000000295. The van der Waals surface area contributed by atoms with Gasteiger partial charge < -0.3 is 15.6 Å². The van der Waals surface area contributed by atoms with Gasteiger partial charge in [-0.2, -0.15) is 10.5 Å². The van der Waals surface area contributed by atoms with E-state index in [0.29, 0.717) is 0 Å². The van der Waals surface area contributed by atoms with Crippen molar-refractivity contribution in [1.82, 2.24) is 6.15 Å². The molecule has 0 saturated heterocycles. The first kappa shape index (κ1) is 24.9. The number of hydrogen-bond donors (Lipinski definition) is 1. The molecule has 0 heterocycles. The predicted octanol–water partition coefficient (Wildman–Crippen LogP) is 4.08. The van der Waals surface area contributed by atoms with E-state index in [1.54, 1.807) is 14.2 Å². The number of rotatable bonds is 6. The molecular weight excluding hydrogens is 266 g/mol. The first-order chi connectivity index (χ1) is 9.03. The first-order valence-electron chi connectivity index (χ1n) is 6.93. The van der Waals surface area contributed by atoms with E-state index in [9.17, 15) is 0 Å². The Hall–Kier alpha value is -1.14. The molecule has 5 nitrogen and oxygen atoms in total. The molecule has 2 atom stereocenters. The summed E-state index contributed by atoms with van der Waals surface area (Å²) in [5.41, 5.74) is -0.315. The lowest BCUT2D eigenvalue weighted by Crippen LogP contribution is -2.24. The highest BCUT2D eigenvalue weighted by atomic mass is 16.5. The van der Waals surface area contributed by atoms with Gasteiger partial charge in [-0.1, -0.05) is 0 Å². The zero-order valence-electron chi connectivity index (χ0n) is 15.0. The largest absolute Gasteiger partial charge is 0.379 e. The third-order valence-corrected chi connectivity index (χ3v) is 3.14. The Morgan fingerprint density at radius 1 is 0.810 bits per heavy atom. The Morgan fingerprint density at radius 2 is 1.05 bits per heavy atom. The molecule has 0 aromatic carbocycles. The average Bonchev–Trinajstić information content (AvgIpc) is 2.38. The van der Waals surface area contributed by atoms with Crippen LogP contribution in [0.15, 0.2) is 0 Å². The minimum Gasteiger partial charge on any atom is -0.379 e. The van der Waals surface area contributed by atoms with Crippen LogP contribution in [0.4, 0.5) is 0 Å². The third kappa shape index (κ3) is 15.1. The van der Waals surface area contributed by atoms with Crippen LogP contribution in [0.3, 0.4) is 0 Å². The molecule has 0 aliphatic carbocycles. The van der Waals surface area contributed by atoms with Crippen LogP contribution < -0.4 is 6.15 Å². The van der Waals surface area contributed by atoms with Crippen molar-refractivity contribution in [2.75, 3.05) is 14.2 Å². The maximum Gasteiger partial charge on any atom is 0.0653 e. The van der Waals surface area contributed by atoms with E-state index in [4.69, 9.17) is 20.0 Å². The highest BCUT2D eigenvalue weighted by Gasteiger charge is 2.20. The summed E-state index contributed by atoms with van der Waals surface area (Å²) in [5.74, 6) is 0.157. The zero-order valence-corrected chi connectivity index (χ0v) is 15.0. The first-order valence-corrected chi connectivity index (χ1v) is 6.93. The summed E-state index contributed by atoms with van der Waals surface area (Å²) in [5, 5.41) is 17.0. The number of methoxy groups -OCH3 is 2. The van der Waals surface area contributed by atoms with Crippen LogP contribution in [0.2, 0.25) is 0 Å². The second-order valence-electron chi connectivity index (χ2n) is 6.40. The van der Waals surface area contributed by atoms with Crippen LogP contribution in [0.5, 0.6) is 0 Å². The molecule has 0 spiro atoms. The molecule has 2 unspecified atom stereocenters. The molecule has 3 N–H and O–H groups in total. The molecule has 0 rings (SSSR count). The van der Waals surface area contributed by atoms with Gasteiger partial charge in [0.05, 0.1) is 23.3 Å². The fourth-order valence-electron chi connectivity index (χ4n) is 1.73. The van der Waals surface area contributed by atoms with Crippen molar-refractivity contribution in [1.29, 1.82) is 10.5 Å². The molecule has 0 aliphatic heterocycles. The molecule has 0 radical (unpaired) electrons. The van der Waals surface area contributed by atoms with Gasteiger partial charge in [0.25, 0.3) is 0 Å². The van der Waals surface area contributed by atoms with Gasteiger partial charge in [-0.3, -0.25) is 0 Å². The summed E-state index contributed by atoms with van der Waals surface area (Å²) in [4.78, 5) is 0. The van der Waals surface area contributed by atoms with Crippen molar-refractivity contribution in [2.24, 2.45) is 11.8 Å². The van der Waals surface area contributed by atoms with E-state index < -0.39 is 0 Å². The zero-order chi connectivity index (χ0) is 16.4. The predicted molar refractivity (Wildman–Crippen MR) is 86.0 cm³/mol. The average molecular weight is 299 g/mol. The molecule has 124 valence electrons. The maximum absolute atomic E-state index is 8.49. The monoisotopic (exact) mass is 299 g/mol. The van der Waals surface area contributed by atoms with Crippen molar-refractivity contribution in [3.63, 3.8) is 0 Å². The minimum atomic E-state index is -0.158. The molecule has 21 heavy (non-hydrogen) atoms. The second-order valence-corrected chi connectivity index (χ2v) is 6.40. The van der Waals surface area contributed by atoms with Gasteiger partial charge in [0.15, 0.2) is 0 Å². The van der Waals surface area contributed by atoms with Crippen LogP contribution in [-0.4, -0.2) is 25.4 Å². The Morgan fingerprint density at radius 3 is 1.19 bits per heavy atom. The lowest BCUT2D eigenvalue weighted by atomic mass is 9.96. The standard InChI is InChI=1S/2C8H15NO.H3N/c2*1-7(6-9)5-8(2,3)10-4;/h2*7H,5H2,1-4H3;1H3. The van der Waals surface area contributed by atoms with Crippen molar-refractivity contribution in [3.8, 4) is 12.1 Å². The van der Waals surface area contributed by atoms with E-state index >= 15 is 0 Å². The lowest BCUT2D eigenvalue weighted by molar-refractivity contribution is 0.00852. The van der Waals surface area contributed by atoms with Gasteiger partial charge in [-0.25, -0.2) is 0 Å². The van der Waals surface area contributed by atoms with Gasteiger partial charge in [0.2, 0.25) is 0 Å². The molecule has 0 bridgehead atoms. The summed E-state index contributed by atoms with van der Waals surface area (Å²) >= 11 is 0. The van der Waals surface area contributed by atoms with Gasteiger partial charge in [-0.05, 0) is 54.4 Å². The summed E-state index contributed by atoms with van der Waals surface area (Å²) in [6.07, 6.45) is 1.58. The van der Waals surface area contributed by atoms with Crippen LogP contribution >= 0.6 is 0 Å². The smallest absolute Gasteiger partial charge is 0.0653 e. The SMILES string of the molecule is COC(C)(C)CC(C)C#N.COC(C)(C)CC(C)C#N.N. The number of nitriles is 2. The van der Waals surface area contributed by atoms with Crippen molar-refractivity contribution >= 4 is 0 Å². The van der Waals surface area contributed by atoms with Crippen LogP contribution in [0.1, 0.15) is 54.4 Å². The fraction of sp³-hybridized carbons (Fsp3) is 0.875. The van der Waals surface area contributed by atoms with Crippen molar-refractivity contribution < 1.29 is 9.47 Å². The molecule has 0 fully saturated rings. The van der Waals surface area contributed by atoms with Crippen molar-refractivity contribution in [3.05, 3.63) is 0 Å². The van der Waals surface area contributed by atoms with Crippen LogP contribution in [-0.2, 0) is 9.47 Å². The number of ether oxygens (including phenoxy) is 2. The molecule has 0 aromatic rings. The molecular formula is C16H33N3O2. The van der Waals surface area contributed by atoms with Crippen molar-refractivity contribution in [2.45, 2.75) is 65.6 Å². The topological polar surface area (TPSA) is 101 Å². The van der Waals surface area contributed by atoms with Gasteiger partial charge in [0, 0.05) is 26.1 Å². The normalized spacial score (nSPS) is 13.6. The summed E-state index contributed by atoms with van der Waals surface area (Å²) in [6.45, 7) is 11.8. The Kier molecular flexibility index (Phi) is 13.6. The third-order valence-electron chi connectivity index (χ3n) is 3.14. The molecule has 0 amide bonds. The lowest BCUT2D eigenvalue weighted by Gasteiger charge is -2.23. The van der Waals surface area contributed by atoms with E-state index in [-0.39, 0.29) is 29.2 Å². The van der Waals surface area contributed by atoms with Crippen LogP contribution in [0, 0.1) is 34.5 Å². The number of hydrogen-bond acceptors (Lipinski definition) is 5. The molecule has 0 saturated carbocycles. The molecule has 5 heteroatoms. The van der Waals surface area contributed by atoms with E-state index in [1.807, 2.05) is 41.5 Å². The highest BCUT2D eigenvalue weighted by Crippen LogP contribution is 2.19. The van der Waals surface area contributed by atoms with Gasteiger partial charge >= 0.3 is 0 Å². The molecule has 0 aromatic heterocycles. The Bertz CT molecular complexity index is 306. The van der Waals surface area contributed by atoms with E-state index in [0.717, 1.165) is 12.8 Å². The van der Waals surface area contributed by atoms with E-state index in [1.165, 1.54) is 0 Å². The summed E-state index contributed by atoms with van der Waals surface area (Å²) in [6, 6.07) is 4.35. The van der Waals surface area contributed by atoms with Gasteiger partial charge in [0.1, 0.15) is 0 Å².